The van der Waals surface area contributed by atoms with E-state index in [1.807, 2.05) is 12.1 Å². The molecule has 0 aliphatic heterocycles. The molecule has 17 aromatic carbocycles. The van der Waals surface area contributed by atoms with E-state index < -0.39 is 0 Å². The standard InChI is InChI=1S/C54H32N4.C48H26N4O/c1-2-13-33(14-3-1)34-25-27-36(28-26-34)50-43-30-29-35-15-4-5-18-39(35)51(43)56-54(55-50)37-16-12-17-38(31-37)57-46-22-9-6-19-40(46)44-32-45-41-20-7-10-23-47(41)58-48-24-11-8-21-42(48)49(52(44)57)53(45)58;1-2-13-28-27(12-1)24-25-34-43(28)49-48(50-44(34)35-19-11-18-32-31-16-6-10-23-41(31)53-47(32)35)52-39-21-8-4-15-30(39)37-26-36-29-14-3-7-20-38(29)51-40-22-9-5-17-33(40)42(45(36)51)46(37)52/h1-32H;1-26H. The van der Waals surface area contributed by atoms with Gasteiger partial charge in [-0.3, -0.25) is 4.57 Å². The van der Waals surface area contributed by atoms with Crippen molar-refractivity contribution in [2.24, 2.45) is 0 Å². The zero-order chi connectivity index (χ0) is 72.3. The van der Waals surface area contributed by atoms with Crippen LogP contribution in [0.25, 0.3) is 242 Å². The van der Waals surface area contributed by atoms with E-state index in [9.17, 15) is 0 Å². The van der Waals surface area contributed by atoms with Gasteiger partial charge in [-0.15, -0.1) is 0 Å². The van der Waals surface area contributed by atoms with Gasteiger partial charge in [0.2, 0.25) is 5.95 Å². The lowest BCUT2D eigenvalue weighted by atomic mass is 9.99. The van der Waals surface area contributed by atoms with E-state index in [2.05, 4.69) is 358 Å². The molecule has 0 aliphatic carbocycles. The highest BCUT2D eigenvalue weighted by Crippen LogP contribution is 2.50. The predicted molar refractivity (Wildman–Crippen MR) is 461 cm³/mol. The van der Waals surface area contributed by atoms with Crippen LogP contribution in [-0.4, -0.2) is 37.9 Å². The lowest BCUT2D eigenvalue weighted by Crippen LogP contribution is -2.04. The molecule has 0 spiro atoms. The smallest absolute Gasteiger partial charge is 0.235 e. The third-order valence-corrected chi connectivity index (χ3v) is 23.7. The summed E-state index contributed by atoms with van der Waals surface area (Å²) < 4.78 is 16.3. The molecule has 9 heterocycles. The van der Waals surface area contributed by atoms with Crippen molar-refractivity contribution in [3.63, 3.8) is 0 Å². The number of hydrogen-bond acceptors (Lipinski definition) is 5. The highest BCUT2D eigenvalue weighted by molar-refractivity contribution is 6.36. The molecule has 0 bridgehead atoms. The van der Waals surface area contributed by atoms with E-state index in [0.29, 0.717) is 11.8 Å². The van der Waals surface area contributed by atoms with E-state index in [1.54, 1.807) is 0 Å². The molecule has 0 atom stereocenters. The second kappa shape index (κ2) is 22.7. The first-order valence-corrected chi connectivity index (χ1v) is 37.9. The van der Waals surface area contributed by atoms with E-state index in [0.717, 1.165) is 110 Å². The average molecular weight is 1410 g/mol. The fourth-order valence-electron chi connectivity index (χ4n) is 18.9. The van der Waals surface area contributed by atoms with Crippen molar-refractivity contribution < 1.29 is 4.42 Å². The molecule has 26 aromatic rings. The highest BCUT2D eigenvalue weighted by Gasteiger charge is 2.29. The Hall–Kier alpha value is -15.1. The van der Waals surface area contributed by atoms with Gasteiger partial charge in [0.05, 0.1) is 77.6 Å². The maximum atomic E-state index is 6.63. The molecule has 0 fully saturated rings. The Labute approximate surface area is 631 Å². The Kier molecular flexibility index (Phi) is 12.3. The van der Waals surface area contributed by atoms with Gasteiger partial charge in [-0.2, -0.15) is 0 Å². The number of rotatable bonds is 6. The fraction of sp³-hybridized carbons (Fsp3) is 0. The Morgan fingerprint density at radius 2 is 0.667 bits per heavy atom. The number of para-hydroxylation sites is 8. The molecule has 9 aromatic heterocycles. The fourth-order valence-corrected chi connectivity index (χ4v) is 18.9. The average Bonchev–Trinajstić information content (AvgIpc) is 1.52. The molecule has 111 heavy (non-hydrogen) atoms. The summed E-state index contributed by atoms with van der Waals surface area (Å²) >= 11 is 0. The Morgan fingerprint density at radius 1 is 0.234 bits per heavy atom. The monoisotopic (exact) mass is 1410 g/mol. The van der Waals surface area contributed by atoms with Gasteiger partial charge in [0.1, 0.15) is 11.2 Å². The van der Waals surface area contributed by atoms with Gasteiger partial charge in [0.15, 0.2) is 5.82 Å². The van der Waals surface area contributed by atoms with Crippen LogP contribution in [0.2, 0.25) is 0 Å². The van der Waals surface area contributed by atoms with Crippen LogP contribution >= 0.6 is 0 Å². The molecule has 0 N–H and O–H groups in total. The minimum Gasteiger partial charge on any atom is -0.455 e. The van der Waals surface area contributed by atoms with E-state index >= 15 is 0 Å². The largest absolute Gasteiger partial charge is 0.455 e. The molecule has 0 saturated heterocycles. The summed E-state index contributed by atoms with van der Waals surface area (Å²) in [5, 5.41) is 23.6. The Morgan fingerprint density at radius 3 is 1.28 bits per heavy atom. The lowest BCUT2D eigenvalue weighted by molar-refractivity contribution is 0.670. The van der Waals surface area contributed by atoms with Crippen molar-refractivity contribution in [2.45, 2.75) is 0 Å². The van der Waals surface area contributed by atoms with Crippen molar-refractivity contribution in [1.82, 2.24) is 37.9 Å². The second-order valence-corrected chi connectivity index (χ2v) is 29.4. The van der Waals surface area contributed by atoms with Gasteiger partial charge in [-0.05, 0) is 107 Å². The number of hydrogen-bond donors (Lipinski definition) is 0. The maximum Gasteiger partial charge on any atom is 0.235 e. The second-order valence-electron chi connectivity index (χ2n) is 29.4. The Balaban J connectivity index is 0.000000127. The van der Waals surface area contributed by atoms with Crippen LogP contribution in [0, 0.1) is 0 Å². The van der Waals surface area contributed by atoms with Crippen molar-refractivity contribution in [2.75, 3.05) is 0 Å². The quantitative estimate of drug-likeness (QED) is 0.155. The van der Waals surface area contributed by atoms with Gasteiger partial charge in [0, 0.05) is 119 Å². The summed E-state index contributed by atoms with van der Waals surface area (Å²) in [7, 11) is 0. The van der Waals surface area contributed by atoms with Crippen LogP contribution in [0.4, 0.5) is 0 Å². The van der Waals surface area contributed by atoms with Gasteiger partial charge in [-0.1, -0.05) is 267 Å². The van der Waals surface area contributed by atoms with E-state index in [4.69, 9.17) is 24.4 Å². The summed E-state index contributed by atoms with van der Waals surface area (Å²) in [5.74, 6) is 1.33. The van der Waals surface area contributed by atoms with Crippen molar-refractivity contribution >= 4 is 185 Å². The van der Waals surface area contributed by atoms with Crippen molar-refractivity contribution in [3.05, 3.63) is 352 Å². The van der Waals surface area contributed by atoms with Crippen LogP contribution in [-0.2, 0) is 0 Å². The first-order chi connectivity index (χ1) is 55.1. The molecule has 0 saturated carbocycles. The molecule has 512 valence electrons. The molecule has 9 nitrogen and oxygen atoms in total. The summed E-state index contributed by atoms with van der Waals surface area (Å²) in [5.41, 5.74) is 23.7. The molecule has 0 radical (unpaired) electrons. The molecule has 0 unspecified atom stereocenters. The first-order valence-electron chi connectivity index (χ1n) is 37.9. The van der Waals surface area contributed by atoms with Gasteiger partial charge in [-0.25, -0.2) is 19.9 Å². The number of nitrogens with zero attached hydrogens (tertiary/aromatic N) is 8. The minimum atomic E-state index is 0.630. The summed E-state index contributed by atoms with van der Waals surface area (Å²) in [6.45, 7) is 0. The number of aromatic nitrogens is 8. The van der Waals surface area contributed by atoms with Crippen LogP contribution in [0.15, 0.2) is 356 Å². The molecule has 0 aliphatic rings. The van der Waals surface area contributed by atoms with Gasteiger partial charge < -0.3 is 17.8 Å². The molecule has 0 amide bonds. The summed E-state index contributed by atoms with van der Waals surface area (Å²) in [4.78, 5) is 21.9. The summed E-state index contributed by atoms with van der Waals surface area (Å²) in [6, 6.07) is 126. The van der Waals surface area contributed by atoms with Gasteiger partial charge >= 0.3 is 0 Å². The van der Waals surface area contributed by atoms with Crippen LogP contribution in [0.3, 0.4) is 0 Å². The third kappa shape index (κ3) is 8.43. The minimum absolute atomic E-state index is 0.630. The third-order valence-electron chi connectivity index (χ3n) is 23.7. The normalized spacial score (nSPS) is 12.3. The number of furan rings is 1. The Bertz CT molecular complexity index is 8470. The zero-order valence-corrected chi connectivity index (χ0v) is 59.5. The topological polar surface area (TPSA) is 83.4 Å². The van der Waals surface area contributed by atoms with Crippen molar-refractivity contribution in [1.29, 1.82) is 0 Å². The maximum absolute atomic E-state index is 6.63. The van der Waals surface area contributed by atoms with Gasteiger partial charge in [0.25, 0.3) is 0 Å². The predicted octanol–water partition coefficient (Wildman–Crippen LogP) is 26.6. The highest BCUT2D eigenvalue weighted by atomic mass is 16.3. The number of fused-ring (bicyclic) bond motifs is 29. The van der Waals surface area contributed by atoms with E-state index in [-0.39, 0.29) is 0 Å². The lowest BCUT2D eigenvalue weighted by Gasteiger charge is -2.14. The molecule has 9 heteroatoms. The van der Waals surface area contributed by atoms with Crippen LogP contribution in [0.5, 0.6) is 0 Å². The van der Waals surface area contributed by atoms with Crippen LogP contribution in [0.1, 0.15) is 0 Å². The molecule has 26 rings (SSSR count). The molecular weight excluding hydrogens is 1350 g/mol. The zero-order valence-electron chi connectivity index (χ0n) is 59.5. The van der Waals surface area contributed by atoms with E-state index in [1.165, 1.54) is 120 Å². The SMILES string of the molecule is c1ccc(-c2ccc(-c3nc(-c4cccc(-n5c6ccccc6c6cc7c8ccccc8n8c9ccccc9c(c65)c78)c4)nc4c3ccc3ccccc34)cc2)cc1.c1ccc2c(c1)ccc1c(-c3cccc4c3oc3ccccc34)nc(-n3c4ccccc4c4cc5c6ccccc6n6c7ccccc7c(c43)c56)nc12. The summed E-state index contributed by atoms with van der Waals surface area (Å²) in [6.07, 6.45) is 0. The first kappa shape index (κ1) is 60.1. The van der Waals surface area contributed by atoms with Crippen LogP contribution < -0.4 is 0 Å². The molecular formula is C102H58N8O. The number of benzene rings is 17. The van der Waals surface area contributed by atoms with Crippen molar-refractivity contribution in [3.8, 4) is 56.7 Å².